The molecule has 0 unspecified atom stereocenters. The molecule has 3 aromatic rings. The molecule has 1 aromatic carbocycles. The molecule has 0 aliphatic carbocycles. The zero-order chi connectivity index (χ0) is 16.9. The lowest BCUT2D eigenvalue weighted by molar-refractivity contribution is -0.120. The molecule has 1 amide bonds. The Kier molecular flexibility index (Phi) is 4.69. The van der Waals surface area contributed by atoms with Gasteiger partial charge in [-0.15, -0.1) is 0 Å². The fraction of sp³-hybridized carbons (Fsp3) is 0.294. The molecular weight excluding hydrogens is 308 g/mol. The van der Waals surface area contributed by atoms with Gasteiger partial charge >= 0.3 is 0 Å². The van der Waals surface area contributed by atoms with Crippen LogP contribution in [0.3, 0.4) is 0 Å². The molecular formula is C17H18N4O3. The minimum atomic E-state index is -0.171. The van der Waals surface area contributed by atoms with Gasteiger partial charge in [0.15, 0.2) is 0 Å². The first-order valence-corrected chi connectivity index (χ1v) is 7.69. The summed E-state index contributed by atoms with van der Waals surface area (Å²) in [6, 6.07) is 9.60. The van der Waals surface area contributed by atoms with E-state index in [2.05, 4.69) is 20.6 Å². The molecule has 124 valence electrons. The normalized spacial score (nSPS) is 10.8. The maximum absolute atomic E-state index is 11.9. The first-order chi connectivity index (χ1) is 11.6. The molecule has 0 fully saturated rings. The maximum Gasteiger partial charge on any atom is 0.236 e. The van der Waals surface area contributed by atoms with E-state index in [0.717, 1.165) is 22.6 Å². The molecule has 0 radical (unpaired) electrons. The molecule has 0 bridgehead atoms. The summed E-state index contributed by atoms with van der Waals surface area (Å²) in [7, 11) is 0. The van der Waals surface area contributed by atoms with Gasteiger partial charge in [-0.1, -0.05) is 34.6 Å². The van der Waals surface area contributed by atoms with Crippen LogP contribution in [0.2, 0.25) is 0 Å². The molecule has 0 saturated heterocycles. The lowest BCUT2D eigenvalue weighted by Crippen LogP contribution is -2.27. The van der Waals surface area contributed by atoms with Crippen LogP contribution in [0.25, 0.3) is 11.4 Å². The summed E-state index contributed by atoms with van der Waals surface area (Å²) in [4.78, 5) is 16.2. The number of rotatable bonds is 6. The monoisotopic (exact) mass is 326 g/mol. The largest absolute Gasteiger partial charge is 0.361 e. The van der Waals surface area contributed by atoms with E-state index in [-0.39, 0.29) is 12.3 Å². The minimum Gasteiger partial charge on any atom is -0.361 e. The highest BCUT2D eigenvalue weighted by Crippen LogP contribution is 2.19. The van der Waals surface area contributed by atoms with E-state index >= 15 is 0 Å². The minimum absolute atomic E-state index is 0.0523. The van der Waals surface area contributed by atoms with Crippen molar-refractivity contribution in [2.24, 2.45) is 0 Å². The van der Waals surface area contributed by atoms with Gasteiger partial charge in [-0.25, -0.2) is 0 Å². The molecule has 1 N–H and O–H groups in total. The molecule has 0 atom stereocenters. The zero-order valence-electron chi connectivity index (χ0n) is 13.6. The van der Waals surface area contributed by atoms with Crippen molar-refractivity contribution in [3.63, 3.8) is 0 Å². The van der Waals surface area contributed by atoms with Gasteiger partial charge in [0, 0.05) is 24.6 Å². The summed E-state index contributed by atoms with van der Waals surface area (Å²) < 4.78 is 10.1. The van der Waals surface area contributed by atoms with Gasteiger partial charge in [0.25, 0.3) is 0 Å². The number of aryl methyl sites for hydroxylation is 2. The highest BCUT2D eigenvalue weighted by atomic mass is 16.5. The van der Waals surface area contributed by atoms with E-state index in [1.165, 1.54) is 0 Å². The Morgan fingerprint density at radius 1 is 1.17 bits per heavy atom. The summed E-state index contributed by atoms with van der Waals surface area (Å²) in [6.45, 7) is 4.28. The van der Waals surface area contributed by atoms with Crippen LogP contribution in [0.15, 0.2) is 39.4 Å². The topological polar surface area (TPSA) is 94.1 Å². The Morgan fingerprint density at radius 3 is 2.75 bits per heavy atom. The number of nitrogens with zero attached hydrogens (tertiary/aromatic N) is 3. The Labute approximate surface area is 139 Å². The van der Waals surface area contributed by atoms with E-state index < -0.39 is 0 Å². The number of aromatic nitrogens is 3. The van der Waals surface area contributed by atoms with Crippen molar-refractivity contribution in [3.05, 3.63) is 53.2 Å². The molecule has 2 heterocycles. The predicted molar refractivity (Wildman–Crippen MR) is 86.1 cm³/mol. The van der Waals surface area contributed by atoms with Gasteiger partial charge in [-0.3, -0.25) is 4.79 Å². The molecule has 7 nitrogen and oxygen atoms in total. The van der Waals surface area contributed by atoms with Crippen molar-refractivity contribution in [2.45, 2.75) is 26.7 Å². The van der Waals surface area contributed by atoms with Crippen LogP contribution in [-0.2, 0) is 17.6 Å². The third-order valence-electron chi connectivity index (χ3n) is 3.55. The molecule has 2 aromatic heterocycles. The van der Waals surface area contributed by atoms with Crippen molar-refractivity contribution in [1.82, 2.24) is 20.6 Å². The highest BCUT2D eigenvalue weighted by Gasteiger charge is 2.13. The summed E-state index contributed by atoms with van der Waals surface area (Å²) >= 11 is 0. The first-order valence-electron chi connectivity index (χ1n) is 7.69. The third-order valence-corrected chi connectivity index (χ3v) is 3.55. The second kappa shape index (κ2) is 7.08. The number of amides is 1. The summed E-state index contributed by atoms with van der Waals surface area (Å²) in [5.74, 6) is 1.37. The zero-order valence-corrected chi connectivity index (χ0v) is 13.6. The van der Waals surface area contributed by atoms with Gasteiger partial charge in [-0.2, -0.15) is 4.98 Å². The molecule has 24 heavy (non-hydrogen) atoms. The van der Waals surface area contributed by atoms with Crippen LogP contribution in [0, 0.1) is 13.8 Å². The Bertz CT molecular complexity index is 838. The lowest BCUT2D eigenvalue weighted by Gasteiger charge is -2.01. The second-order valence-electron chi connectivity index (χ2n) is 5.53. The van der Waals surface area contributed by atoms with Crippen LogP contribution in [-0.4, -0.2) is 27.7 Å². The van der Waals surface area contributed by atoms with E-state index in [9.17, 15) is 4.79 Å². The summed E-state index contributed by atoms with van der Waals surface area (Å²) in [6.07, 6.45) is 0.665. The molecule has 7 heteroatoms. The van der Waals surface area contributed by atoms with Crippen molar-refractivity contribution in [2.75, 3.05) is 6.54 Å². The molecule has 0 aliphatic heterocycles. The Morgan fingerprint density at radius 2 is 2.00 bits per heavy atom. The van der Waals surface area contributed by atoms with Crippen LogP contribution >= 0.6 is 0 Å². The number of nitrogens with one attached hydrogen (secondary N) is 1. The van der Waals surface area contributed by atoms with Crippen LogP contribution < -0.4 is 5.32 Å². The maximum atomic E-state index is 11.9. The summed E-state index contributed by atoms with van der Waals surface area (Å²) in [5, 5.41) is 10.6. The molecule has 0 aliphatic rings. The van der Waals surface area contributed by atoms with Crippen LogP contribution in [0.5, 0.6) is 0 Å². The van der Waals surface area contributed by atoms with E-state index in [4.69, 9.17) is 9.05 Å². The fourth-order valence-corrected chi connectivity index (χ4v) is 2.33. The van der Waals surface area contributed by atoms with Gasteiger partial charge in [0.05, 0.1) is 5.69 Å². The van der Waals surface area contributed by atoms with Crippen molar-refractivity contribution >= 4 is 5.91 Å². The van der Waals surface area contributed by atoms with Crippen molar-refractivity contribution in [3.8, 4) is 11.4 Å². The van der Waals surface area contributed by atoms with E-state index in [1.807, 2.05) is 44.2 Å². The lowest BCUT2D eigenvalue weighted by atomic mass is 10.1. The van der Waals surface area contributed by atoms with Gasteiger partial charge in [0.2, 0.25) is 17.6 Å². The number of hydrogen-bond donors (Lipinski definition) is 1. The van der Waals surface area contributed by atoms with Crippen LogP contribution in [0.4, 0.5) is 0 Å². The number of benzene rings is 1. The van der Waals surface area contributed by atoms with Gasteiger partial charge in [0.1, 0.15) is 12.2 Å². The SMILES string of the molecule is Cc1cc(CCNC(=O)Cc2nc(-c3ccccc3C)no2)no1. The van der Waals surface area contributed by atoms with Crippen molar-refractivity contribution < 1.29 is 13.8 Å². The average molecular weight is 326 g/mol. The molecule has 3 rings (SSSR count). The number of carbonyl (C=O) groups is 1. The Hall–Kier alpha value is -2.96. The number of hydrogen-bond acceptors (Lipinski definition) is 6. The second-order valence-corrected chi connectivity index (χ2v) is 5.53. The average Bonchev–Trinajstić information content (AvgIpc) is 3.17. The predicted octanol–water partition coefficient (Wildman–Crippen LogP) is 2.24. The van der Waals surface area contributed by atoms with E-state index in [0.29, 0.717) is 24.7 Å². The first kappa shape index (κ1) is 15.9. The van der Waals surface area contributed by atoms with Gasteiger partial charge < -0.3 is 14.4 Å². The number of carbonyl (C=O) groups excluding carboxylic acids is 1. The summed E-state index contributed by atoms with van der Waals surface area (Å²) in [5.41, 5.74) is 2.76. The highest BCUT2D eigenvalue weighted by molar-refractivity contribution is 5.77. The van der Waals surface area contributed by atoms with Gasteiger partial charge in [-0.05, 0) is 19.4 Å². The van der Waals surface area contributed by atoms with Crippen LogP contribution in [0.1, 0.15) is 22.9 Å². The fourth-order valence-electron chi connectivity index (χ4n) is 2.33. The molecule has 0 saturated carbocycles. The Balaban J connectivity index is 1.53. The van der Waals surface area contributed by atoms with E-state index in [1.54, 1.807) is 0 Å². The molecule has 0 spiro atoms. The standard InChI is InChI=1S/C17H18N4O3/c1-11-5-3-4-6-14(11)17-19-16(24-21-17)10-15(22)18-8-7-13-9-12(2)23-20-13/h3-6,9H,7-8,10H2,1-2H3,(H,18,22). The third kappa shape index (κ3) is 3.87. The quantitative estimate of drug-likeness (QED) is 0.746. The van der Waals surface area contributed by atoms with Crippen molar-refractivity contribution in [1.29, 1.82) is 0 Å². The smallest absolute Gasteiger partial charge is 0.236 e.